The van der Waals surface area contributed by atoms with Gasteiger partial charge in [-0.2, -0.15) is 0 Å². The molecule has 12 heavy (non-hydrogen) atoms. The minimum Gasteiger partial charge on any atom is -0.351 e. The molecule has 68 valence electrons. The fourth-order valence-corrected chi connectivity index (χ4v) is 2.03. The minimum atomic E-state index is -0.267. The Balaban J connectivity index is 1.88. The molecule has 2 rings (SSSR count). The molecular weight excluding hydrogens is 154 g/mol. The Morgan fingerprint density at radius 1 is 1.33 bits per heavy atom. The number of rotatable bonds is 0. The van der Waals surface area contributed by atoms with E-state index < -0.39 is 0 Å². The summed E-state index contributed by atoms with van der Waals surface area (Å²) in [5, 5.41) is 3.28. The number of primary amides is 1. The van der Waals surface area contributed by atoms with Crippen molar-refractivity contribution in [3.05, 3.63) is 0 Å². The van der Waals surface area contributed by atoms with Gasteiger partial charge in [0, 0.05) is 26.2 Å². The van der Waals surface area contributed by atoms with E-state index in [1.807, 2.05) is 0 Å². The lowest BCUT2D eigenvalue weighted by molar-refractivity contribution is 0.0709. The van der Waals surface area contributed by atoms with Gasteiger partial charge in [-0.25, -0.2) is 4.79 Å². The largest absolute Gasteiger partial charge is 0.351 e. The molecule has 0 aromatic heterocycles. The van der Waals surface area contributed by atoms with Crippen molar-refractivity contribution in [1.29, 1.82) is 0 Å². The molecule has 4 nitrogen and oxygen atoms in total. The second-order valence-corrected chi connectivity index (χ2v) is 3.93. The summed E-state index contributed by atoms with van der Waals surface area (Å²) in [5.41, 5.74) is 5.69. The van der Waals surface area contributed by atoms with E-state index in [1.54, 1.807) is 4.90 Å². The van der Waals surface area contributed by atoms with Crippen molar-refractivity contribution in [2.45, 2.75) is 12.8 Å². The summed E-state index contributed by atoms with van der Waals surface area (Å²) < 4.78 is 0. The number of hydrogen-bond donors (Lipinski definition) is 2. The van der Waals surface area contributed by atoms with Gasteiger partial charge in [-0.05, 0) is 18.3 Å². The van der Waals surface area contributed by atoms with Crippen molar-refractivity contribution in [2.75, 3.05) is 26.2 Å². The first-order chi connectivity index (χ1) is 5.72. The van der Waals surface area contributed by atoms with Crippen LogP contribution in [0.3, 0.4) is 0 Å². The average Bonchev–Trinajstić information content (AvgIpc) is 2.02. The van der Waals surface area contributed by atoms with Crippen LogP contribution in [-0.4, -0.2) is 37.1 Å². The number of nitrogens with two attached hydrogens (primary N) is 1. The molecule has 4 heteroatoms. The van der Waals surface area contributed by atoms with Gasteiger partial charge >= 0.3 is 6.03 Å². The highest BCUT2D eigenvalue weighted by molar-refractivity contribution is 5.72. The molecule has 2 aliphatic rings. The zero-order valence-corrected chi connectivity index (χ0v) is 7.18. The summed E-state index contributed by atoms with van der Waals surface area (Å²) in [4.78, 5) is 12.5. The van der Waals surface area contributed by atoms with E-state index in [2.05, 4.69) is 5.32 Å². The lowest BCUT2D eigenvalue weighted by atomic mass is 9.73. The first kappa shape index (κ1) is 7.86. The van der Waals surface area contributed by atoms with Gasteiger partial charge in [0.15, 0.2) is 0 Å². The zero-order chi connectivity index (χ0) is 8.60. The maximum absolute atomic E-state index is 10.8. The summed E-state index contributed by atoms with van der Waals surface area (Å²) in [7, 11) is 0. The smallest absolute Gasteiger partial charge is 0.314 e. The highest BCUT2D eigenvalue weighted by Crippen LogP contribution is 2.34. The van der Waals surface area contributed by atoms with Crippen LogP contribution in [-0.2, 0) is 0 Å². The van der Waals surface area contributed by atoms with Crippen molar-refractivity contribution >= 4 is 6.03 Å². The van der Waals surface area contributed by atoms with Crippen molar-refractivity contribution in [2.24, 2.45) is 11.1 Å². The number of piperidine rings is 1. The predicted octanol–water partition coefficient (Wildman–Crippen LogP) is -0.250. The van der Waals surface area contributed by atoms with Crippen LogP contribution in [0.1, 0.15) is 12.8 Å². The van der Waals surface area contributed by atoms with Crippen LogP contribution < -0.4 is 11.1 Å². The molecule has 0 unspecified atom stereocenters. The number of carbonyl (C=O) groups is 1. The average molecular weight is 169 g/mol. The zero-order valence-electron chi connectivity index (χ0n) is 7.18. The van der Waals surface area contributed by atoms with Crippen LogP contribution in [0.15, 0.2) is 0 Å². The highest BCUT2D eigenvalue weighted by Gasteiger charge is 2.40. The molecule has 2 heterocycles. The standard InChI is InChI=1S/C8H15N3O/c9-7(12)11-3-1-8(2-4-11)5-10-6-8/h10H,1-6H2,(H2,9,12). The first-order valence-corrected chi connectivity index (χ1v) is 4.47. The number of nitrogens with one attached hydrogen (secondary N) is 1. The van der Waals surface area contributed by atoms with Crippen LogP contribution in [0.25, 0.3) is 0 Å². The number of hydrogen-bond acceptors (Lipinski definition) is 2. The van der Waals surface area contributed by atoms with Crippen molar-refractivity contribution in [3.8, 4) is 0 Å². The number of urea groups is 1. The Morgan fingerprint density at radius 2 is 1.92 bits per heavy atom. The third-order valence-electron chi connectivity index (χ3n) is 3.14. The quantitative estimate of drug-likeness (QED) is 0.525. The minimum absolute atomic E-state index is 0.267. The molecule has 2 aliphatic heterocycles. The molecule has 0 radical (unpaired) electrons. The summed E-state index contributed by atoms with van der Waals surface area (Å²) >= 11 is 0. The lowest BCUT2D eigenvalue weighted by Crippen LogP contribution is -2.59. The van der Waals surface area contributed by atoms with Crippen LogP contribution in [0.2, 0.25) is 0 Å². The van der Waals surface area contributed by atoms with Crippen molar-refractivity contribution in [3.63, 3.8) is 0 Å². The fourth-order valence-electron chi connectivity index (χ4n) is 2.03. The topological polar surface area (TPSA) is 58.4 Å². The van der Waals surface area contributed by atoms with E-state index in [4.69, 9.17) is 5.73 Å². The maximum atomic E-state index is 10.8. The van der Waals surface area contributed by atoms with E-state index in [-0.39, 0.29) is 6.03 Å². The third kappa shape index (κ3) is 1.16. The SMILES string of the molecule is NC(=O)N1CCC2(CC1)CNC2. The van der Waals surface area contributed by atoms with Crippen molar-refractivity contribution < 1.29 is 4.79 Å². The molecule has 2 saturated heterocycles. The van der Waals surface area contributed by atoms with Crippen LogP contribution in [0, 0.1) is 5.41 Å². The molecule has 0 aliphatic carbocycles. The Morgan fingerprint density at radius 3 is 2.25 bits per heavy atom. The Labute approximate surface area is 72.1 Å². The summed E-state index contributed by atoms with van der Waals surface area (Å²) in [6, 6.07) is -0.267. The summed E-state index contributed by atoms with van der Waals surface area (Å²) in [6.07, 6.45) is 2.23. The Kier molecular flexibility index (Phi) is 1.72. The Hall–Kier alpha value is -0.770. The van der Waals surface area contributed by atoms with Gasteiger partial charge in [-0.1, -0.05) is 0 Å². The first-order valence-electron chi connectivity index (χ1n) is 4.47. The molecular formula is C8H15N3O. The second kappa shape index (κ2) is 2.62. The van der Waals surface area contributed by atoms with Gasteiger partial charge in [0.1, 0.15) is 0 Å². The van der Waals surface area contributed by atoms with Crippen molar-refractivity contribution in [1.82, 2.24) is 10.2 Å². The number of carbonyl (C=O) groups excluding carboxylic acids is 1. The van der Waals surface area contributed by atoms with Gasteiger partial charge in [-0.15, -0.1) is 0 Å². The van der Waals surface area contributed by atoms with Gasteiger partial charge in [0.2, 0.25) is 0 Å². The van der Waals surface area contributed by atoms with Gasteiger partial charge in [0.05, 0.1) is 0 Å². The predicted molar refractivity (Wildman–Crippen MR) is 45.7 cm³/mol. The van der Waals surface area contributed by atoms with Crippen LogP contribution >= 0.6 is 0 Å². The van der Waals surface area contributed by atoms with Gasteiger partial charge in [-0.3, -0.25) is 0 Å². The molecule has 0 bridgehead atoms. The van der Waals surface area contributed by atoms with Gasteiger partial charge in [0.25, 0.3) is 0 Å². The maximum Gasteiger partial charge on any atom is 0.314 e. The normalized spacial score (nSPS) is 26.8. The van der Waals surface area contributed by atoms with Crippen LogP contribution in [0.4, 0.5) is 4.79 Å². The van der Waals surface area contributed by atoms with Crippen LogP contribution in [0.5, 0.6) is 0 Å². The molecule has 2 amide bonds. The lowest BCUT2D eigenvalue weighted by Gasteiger charge is -2.48. The fraction of sp³-hybridized carbons (Fsp3) is 0.875. The molecule has 0 aromatic rings. The molecule has 0 atom stereocenters. The number of nitrogens with zero attached hydrogens (tertiary/aromatic N) is 1. The van der Waals surface area contributed by atoms with E-state index in [0.717, 1.165) is 39.0 Å². The third-order valence-corrected chi connectivity index (χ3v) is 3.14. The van der Waals surface area contributed by atoms with E-state index in [1.165, 1.54) is 0 Å². The summed E-state index contributed by atoms with van der Waals surface area (Å²) in [5.74, 6) is 0. The monoisotopic (exact) mass is 169 g/mol. The van der Waals surface area contributed by atoms with E-state index in [9.17, 15) is 4.79 Å². The van der Waals surface area contributed by atoms with E-state index >= 15 is 0 Å². The molecule has 3 N–H and O–H groups in total. The molecule has 1 spiro atoms. The Bertz CT molecular complexity index is 190. The number of amides is 2. The summed E-state index contributed by atoms with van der Waals surface area (Å²) in [6.45, 7) is 3.94. The highest BCUT2D eigenvalue weighted by atomic mass is 16.2. The van der Waals surface area contributed by atoms with Gasteiger partial charge < -0.3 is 16.0 Å². The second-order valence-electron chi connectivity index (χ2n) is 3.93. The molecule has 2 fully saturated rings. The van der Waals surface area contributed by atoms with E-state index in [0.29, 0.717) is 5.41 Å². The molecule has 0 saturated carbocycles. The number of likely N-dealkylation sites (tertiary alicyclic amines) is 1. The molecule has 0 aromatic carbocycles.